The lowest BCUT2D eigenvalue weighted by atomic mass is 10.1. The van der Waals surface area contributed by atoms with E-state index in [2.05, 4.69) is 41.2 Å². The SMILES string of the molecule is CCc1ccc(-c2nc(SCC(=O)c3ccc(CC)s3)n[nH]2)cc1. The molecule has 24 heavy (non-hydrogen) atoms. The normalized spacial score (nSPS) is 10.9. The van der Waals surface area contributed by atoms with Gasteiger partial charge in [0.1, 0.15) is 0 Å². The van der Waals surface area contributed by atoms with Crippen LogP contribution in [-0.4, -0.2) is 26.7 Å². The number of thioether (sulfide) groups is 1. The van der Waals surface area contributed by atoms with Gasteiger partial charge >= 0.3 is 0 Å². The summed E-state index contributed by atoms with van der Waals surface area (Å²) in [6.07, 6.45) is 1.98. The average Bonchev–Trinajstić information content (AvgIpc) is 3.29. The number of H-pyrrole nitrogens is 1. The monoisotopic (exact) mass is 357 g/mol. The minimum Gasteiger partial charge on any atom is -0.292 e. The van der Waals surface area contributed by atoms with Gasteiger partial charge in [0.2, 0.25) is 5.16 Å². The van der Waals surface area contributed by atoms with Gasteiger partial charge in [0.25, 0.3) is 0 Å². The number of aromatic amines is 1. The van der Waals surface area contributed by atoms with Crippen molar-refractivity contribution in [2.45, 2.75) is 31.8 Å². The molecule has 0 saturated heterocycles. The lowest BCUT2D eigenvalue weighted by Gasteiger charge is -1.98. The first-order valence-corrected chi connectivity index (χ1v) is 9.76. The fraction of sp³-hybridized carbons (Fsp3) is 0.278. The molecule has 2 aromatic heterocycles. The smallest absolute Gasteiger partial charge is 0.209 e. The Balaban J connectivity index is 1.62. The topological polar surface area (TPSA) is 58.6 Å². The van der Waals surface area contributed by atoms with Crippen LogP contribution < -0.4 is 0 Å². The summed E-state index contributed by atoms with van der Waals surface area (Å²) >= 11 is 2.94. The molecule has 1 aromatic carbocycles. The summed E-state index contributed by atoms with van der Waals surface area (Å²) in [5.41, 5.74) is 2.30. The number of ketones is 1. The third-order valence-electron chi connectivity index (χ3n) is 3.72. The number of nitrogens with one attached hydrogen (secondary N) is 1. The van der Waals surface area contributed by atoms with Gasteiger partial charge in [-0.3, -0.25) is 9.89 Å². The van der Waals surface area contributed by atoms with E-state index in [-0.39, 0.29) is 5.78 Å². The second-order valence-electron chi connectivity index (χ2n) is 5.35. The van der Waals surface area contributed by atoms with Crippen molar-refractivity contribution >= 4 is 28.9 Å². The first-order chi connectivity index (χ1) is 11.7. The standard InChI is InChI=1S/C18H19N3OS2/c1-3-12-5-7-13(8-6-12)17-19-18(21-20-17)23-11-15(22)16-10-9-14(4-2)24-16/h5-10H,3-4,11H2,1-2H3,(H,19,20,21). The van der Waals surface area contributed by atoms with Crippen LogP contribution in [0.5, 0.6) is 0 Å². The molecular formula is C18H19N3OS2. The number of aryl methyl sites for hydroxylation is 2. The molecule has 124 valence electrons. The zero-order valence-corrected chi connectivity index (χ0v) is 15.3. The Morgan fingerprint density at radius 1 is 1.12 bits per heavy atom. The van der Waals surface area contributed by atoms with Gasteiger partial charge in [-0.2, -0.15) is 0 Å². The van der Waals surface area contributed by atoms with Gasteiger partial charge in [-0.15, -0.1) is 16.4 Å². The molecule has 0 aliphatic carbocycles. The third-order valence-corrected chi connectivity index (χ3v) is 5.84. The van der Waals surface area contributed by atoms with Crippen LogP contribution in [-0.2, 0) is 12.8 Å². The van der Waals surface area contributed by atoms with E-state index in [0.717, 1.165) is 29.1 Å². The van der Waals surface area contributed by atoms with Crippen molar-refractivity contribution in [3.8, 4) is 11.4 Å². The third kappa shape index (κ3) is 3.94. The van der Waals surface area contributed by atoms with Crippen molar-refractivity contribution in [2.24, 2.45) is 0 Å². The van der Waals surface area contributed by atoms with Crippen LogP contribution in [0, 0.1) is 0 Å². The van der Waals surface area contributed by atoms with Crippen LogP contribution in [0.15, 0.2) is 41.6 Å². The highest BCUT2D eigenvalue weighted by Gasteiger charge is 2.12. The zero-order chi connectivity index (χ0) is 16.9. The minimum atomic E-state index is 0.128. The van der Waals surface area contributed by atoms with Crippen molar-refractivity contribution in [1.82, 2.24) is 15.2 Å². The predicted molar refractivity (Wildman–Crippen MR) is 99.9 cm³/mol. The van der Waals surface area contributed by atoms with Crippen molar-refractivity contribution < 1.29 is 4.79 Å². The Morgan fingerprint density at radius 3 is 2.58 bits per heavy atom. The van der Waals surface area contributed by atoms with E-state index >= 15 is 0 Å². The molecule has 0 radical (unpaired) electrons. The molecule has 0 aliphatic heterocycles. The maximum atomic E-state index is 12.2. The Labute approximate surface area is 149 Å². The number of thiophene rings is 1. The first-order valence-electron chi connectivity index (χ1n) is 7.96. The summed E-state index contributed by atoms with van der Waals surface area (Å²) in [6, 6.07) is 12.2. The predicted octanol–water partition coefficient (Wildman–Crippen LogP) is 4.63. The highest BCUT2D eigenvalue weighted by atomic mass is 32.2. The Kier molecular flexibility index (Phi) is 5.48. The molecular weight excluding hydrogens is 338 g/mol. The van der Waals surface area contributed by atoms with E-state index in [9.17, 15) is 4.79 Å². The molecule has 0 bridgehead atoms. The molecule has 0 unspecified atom stereocenters. The van der Waals surface area contributed by atoms with Gasteiger partial charge in [-0.25, -0.2) is 4.98 Å². The largest absolute Gasteiger partial charge is 0.292 e. The minimum absolute atomic E-state index is 0.128. The van der Waals surface area contributed by atoms with Crippen molar-refractivity contribution in [3.63, 3.8) is 0 Å². The molecule has 3 aromatic rings. The molecule has 1 N–H and O–H groups in total. The van der Waals surface area contributed by atoms with Crippen molar-refractivity contribution in [1.29, 1.82) is 0 Å². The van der Waals surface area contributed by atoms with E-state index in [0.29, 0.717) is 10.9 Å². The number of nitrogens with zero attached hydrogens (tertiary/aromatic N) is 2. The maximum absolute atomic E-state index is 12.2. The quantitative estimate of drug-likeness (QED) is 0.494. The Morgan fingerprint density at radius 2 is 1.92 bits per heavy atom. The molecule has 4 nitrogen and oxygen atoms in total. The van der Waals surface area contributed by atoms with Crippen molar-refractivity contribution in [3.05, 3.63) is 51.7 Å². The van der Waals surface area contributed by atoms with E-state index in [1.165, 1.54) is 22.2 Å². The van der Waals surface area contributed by atoms with E-state index in [4.69, 9.17) is 0 Å². The van der Waals surface area contributed by atoms with Gasteiger partial charge < -0.3 is 0 Å². The summed E-state index contributed by atoms with van der Waals surface area (Å²) in [6.45, 7) is 4.23. The summed E-state index contributed by atoms with van der Waals surface area (Å²) in [5, 5.41) is 7.75. The van der Waals surface area contributed by atoms with Crippen LogP contribution in [0.1, 0.15) is 34.0 Å². The molecule has 6 heteroatoms. The van der Waals surface area contributed by atoms with Gasteiger partial charge in [0.15, 0.2) is 11.6 Å². The number of carbonyl (C=O) groups is 1. The molecule has 0 fully saturated rings. The molecule has 3 rings (SSSR count). The number of carbonyl (C=O) groups excluding carboxylic acids is 1. The zero-order valence-electron chi connectivity index (χ0n) is 13.7. The van der Waals surface area contributed by atoms with E-state index in [1.54, 1.807) is 11.3 Å². The molecule has 0 saturated carbocycles. The Bertz CT molecular complexity index is 821. The first kappa shape index (κ1) is 16.9. The Hall–Kier alpha value is -1.92. The van der Waals surface area contributed by atoms with Gasteiger partial charge in [-0.05, 0) is 30.5 Å². The van der Waals surface area contributed by atoms with Gasteiger partial charge in [0.05, 0.1) is 10.6 Å². The average molecular weight is 358 g/mol. The summed E-state index contributed by atoms with van der Waals surface area (Å²) in [5.74, 6) is 1.22. The number of hydrogen-bond acceptors (Lipinski definition) is 5. The molecule has 2 heterocycles. The number of hydrogen-bond donors (Lipinski definition) is 1. The lowest BCUT2D eigenvalue weighted by Crippen LogP contribution is -1.99. The van der Waals surface area contributed by atoms with Crippen molar-refractivity contribution in [2.75, 3.05) is 5.75 Å². The summed E-state index contributed by atoms with van der Waals surface area (Å²) in [4.78, 5) is 18.7. The highest BCUT2D eigenvalue weighted by Crippen LogP contribution is 2.23. The number of rotatable bonds is 7. The van der Waals surface area contributed by atoms with Crippen LogP contribution in [0.25, 0.3) is 11.4 Å². The molecule has 0 spiro atoms. The second kappa shape index (κ2) is 7.77. The van der Waals surface area contributed by atoms with Crippen LogP contribution in [0.3, 0.4) is 0 Å². The fourth-order valence-electron chi connectivity index (χ4n) is 2.26. The highest BCUT2D eigenvalue weighted by molar-refractivity contribution is 7.99. The summed E-state index contributed by atoms with van der Waals surface area (Å²) in [7, 11) is 0. The molecule has 0 aliphatic rings. The fourth-order valence-corrected chi connectivity index (χ4v) is 3.92. The van der Waals surface area contributed by atoms with Gasteiger partial charge in [0, 0.05) is 10.4 Å². The number of Topliss-reactive ketones (excluding diaryl/α,β-unsaturated/α-hetero) is 1. The molecule has 0 amide bonds. The lowest BCUT2D eigenvalue weighted by molar-refractivity contribution is 0.102. The van der Waals surface area contributed by atoms with Crippen LogP contribution in [0.2, 0.25) is 0 Å². The van der Waals surface area contributed by atoms with Gasteiger partial charge in [-0.1, -0.05) is 49.9 Å². The van der Waals surface area contributed by atoms with Crippen LogP contribution in [0.4, 0.5) is 0 Å². The second-order valence-corrected chi connectivity index (χ2v) is 7.46. The van der Waals surface area contributed by atoms with E-state index < -0.39 is 0 Å². The van der Waals surface area contributed by atoms with E-state index in [1.807, 2.05) is 24.3 Å². The molecule has 0 atom stereocenters. The summed E-state index contributed by atoms with van der Waals surface area (Å²) < 4.78 is 0. The number of aromatic nitrogens is 3. The van der Waals surface area contributed by atoms with Crippen LogP contribution >= 0.6 is 23.1 Å². The number of benzene rings is 1. The maximum Gasteiger partial charge on any atom is 0.209 e.